The van der Waals surface area contributed by atoms with E-state index < -0.39 is 12.1 Å². The second-order valence-electron chi connectivity index (χ2n) is 7.25. The van der Waals surface area contributed by atoms with Gasteiger partial charge in [-0.25, -0.2) is 10.4 Å². The van der Waals surface area contributed by atoms with Crippen molar-refractivity contribution in [1.29, 1.82) is 5.26 Å². The van der Waals surface area contributed by atoms with Gasteiger partial charge in [-0.3, -0.25) is 10.1 Å². The largest absolute Gasteiger partial charge is 0.379 e. The summed E-state index contributed by atoms with van der Waals surface area (Å²) >= 11 is 0. The molecule has 1 amide bonds. The third-order valence-electron chi connectivity index (χ3n) is 5.66. The highest BCUT2D eigenvalue weighted by molar-refractivity contribution is 5.80. The number of rotatable bonds is 4. The van der Waals surface area contributed by atoms with Gasteiger partial charge in [-0.15, -0.1) is 0 Å². The van der Waals surface area contributed by atoms with Gasteiger partial charge in [-0.1, -0.05) is 0 Å². The monoisotopic (exact) mass is 351 g/mol. The second kappa shape index (κ2) is 7.95. The van der Waals surface area contributed by atoms with Gasteiger partial charge in [0.25, 0.3) is 0 Å². The van der Waals surface area contributed by atoms with Crippen molar-refractivity contribution in [2.45, 2.75) is 37.8 Å². The number of piperidine rings is 1. The summed E-state index contributed by atoms with van der Waals surface area (Å²) in [7, 11) is 1.68. The van der Waals surface area contributed by atoms with E-state index >= 15 is 0 Å². The number of nitrogens with one attached hydrogen (secondary N) is 4. The maximum absolute atomic E-state index is 12.9. The second-order valence-corrected chi connectivity index (χ2v) is 7.25. The van der Waals surface area contributed by atoms with Gasteiger partial charge in [0.15, 0.2) is 0 Å². The number of amides is 1. The zero-order valence-corrected chi connectivity index (χ0v) is 14.9. The van der Waals surface area contributed by atoms with Crippen LogP contribution < -0.4 is 27.1 Å². The molecule has 140 valence electrons. The van der Waals surface area contributed by atoms with Crippen molar-refractivity contribution in [3.8, 4) is 6.07 Å². The Morgan fingerprint density at radius 2 is 2.28 bits per heavy atom. The Kier molecular flexibility index (Phi) is 5.89. The van der Waals surface area contributed by atoms with E-state index in [2.05, 4.69) is 27.4 Å². The Hall–Kier alpha value is -1.28. The highest BCUT2D eigenvalue weighted by Gasteiger charge is 2.48. The van der Waals surface area contributed by atoms with E-state index in [0.29, 0.717) is 19.6 Å². The molecule has 25 heavy (non-hydrogen) atoms. The number of nitriles is 1. The molecule has 3 heterocycles. The summed E-state index contributed by atoms with van der Waals surface area (Å²) in [6.07, 6.45) is 0.283. The first-order valence-corrected chi connectivity index (χ1v) is 9.00. The van der Waals surface area contributed by atoms with E-state index in [0.717, 1.165) is 13.0 Å². The van der Waals surface area contributed by atoms with Crippen LogP contribution in [0, 0.1) is 29.1 Å². The quantitative estimate of drug-likeness (QED) is 0.390. The highest BCUT2D eigenvalue weighted by Crippen LogP contribution is 2.26. The summed E-state index contributed by atoms with van der Waals surface area (Å²) in [6, 6.07) is 2.25. The van der Waals surface area contributed by atoms with Crippen LogP contribution in [-0.2, 0) is 9.53 Å². The van der Waals surface area contributed by atoms with Crippen molar-refractivity contribution in [3.63, 3.8) is 0 Å². The fraction of sp³-hybridized carbons (Fsp3) is 0.875. The Labute approximate surface area is 148 Å². The maximum Gasteiger partial charge on any atom is 0.229 e. The van der Waals surface area contributed by atoms with Crippen LogP contribution in [0.25, 0.3) is 0 Å². The average molecular weight is 351 g/mol. The van der Waals surface area contributed by atoms with Gasteiger partial charge in [-0.05, 0) is 19.9 Å². The van der Waals surface area contributed by atoms with Crippen LogP contribution in [-0.4, -0.2) is 68.7 Å². The van der Waals surface area contributed by atoms with Crippen LogP contribution in [0.15, 0.2) is 0 Å². The molecule has 3 aliphatic heterocycles. The number of methoxy groups -OCH3 is 1. The normalized spacial score (nSPS) is 40.1. The molecule has 0 bridgehead atoms. The molecular formula is C16H29N7O2. The van der Waals surface area contributed by atoms with Crippen molar-refractivity contribution in [2.24, 2.45) is 23.5 Å². The Balaban J connectivity index is 1.62. The molecule has 0 aliphatic carbocycles. The Morgan fingerprint density at radius 1 is 1.48 bits per heavy atom. The van der Waals surface area contributed by atoms with Gasteiger partial charge in [0, 0.05) is 38.6 Å². The predicted molar refractivity (Wildman–Crippen MR) is 91.6 cm³/mol. The minimum atomic E-state index is -0.453. The van der Waals surface area contributed by atoms with E-state index in [1.165, 1.54) is 0 Å². The minimum Gasteiger partial charge on any atom is -0.379 e. The van der Waals surface area contributed by atoms with Gasteiger partial charge in [0.05, 0.1) is 36.5 Å². The van der Waals surface area contributed by atoms with Gasteiger partial charge >= 0.3 is 0 Å². The summed E-state index contributed by atoms with van der Waals surface area (Å²) in [4.78, 5) is 12.9. The van der Waals surface area contributed by atoms with Crippen LogP contribution in [0.4, 0.5) is 0 Å². The van der Waals surface area contributed by atoms with Gasteiger partial charge in [0.2, 0.25) is 5.91 Å². The Bertz CT molecular complexity index is 525. The highest BCUT2D eigenvalue weighted by atomic mass is 16.5. The number of nitrogens with zero attached hydrogens (tertiary/aromatic N) is 2. The molecule has 9 nitrogen and oxygen atoms in total. The zero-order chi connectivity index (χ0) is 18.0. The standard InChI is InChI=1S/C16H29N7O2/c1-9(5-17)10-6-20-15-13(14(18)22-23(15)8-10)16(24)21-11-7-19-4-3-12(11)25-2/h9-15,19-20,22H,3-4,6-8,18H2,1-2H3,(H,21,24). The number of carbonyl (C=O) groups excluding carboxylic acids is 1. The fourth-order valence-corrected chi connectivity index (χ4v) is 4.02. The molecule has 7 unspecified atom stereocenters. The molecule has 0 aromatic heterocycles. The first kappa shape index (κ1) is 18.5. The molecule has 6 N–H and O–H groups in total. The first-order chi connectivity index (χ1) is 12.0. The summed E-state index contributed by atoms with van der Waals surface area (Å²) in [5, 5.41) is 20.9. The average Bonchev–Trinajstić information content (AvgIpc) is 2.96. The van der Waals surface area contributed by atoms with Crippen LogP contribution in [0.5, 0.6) is 0 Å². The molecule has 3 fully saturated rings. The number of hydrogen-bond acceptors (Lipinski definition) is 8. The van der Waals surface area contributed by atoms with Crippen LogP contribution in [0.1, 0.15) is 13.3 Å². The number of nitrogens with two attached hydrogens (primary N) is 1. The van der Waals surface area contributed by atoms with Crippen LogP contribution in [0.2, 0.25) is 0 Å². The molecule has 0 aromatic carbocycles. The van der Waals surface area contributed by atoms with E-state index in [9.17, 15) is 4.79 Å². The predicted octanol–water partition coefficient (Wildman–Crippen LogP) is -2.09. The lowest BCUT2D eigenvalue weighted by atomic mass is 9.91. The Morgan fingerprint density at radius 3 is 3.00 bits per heavy atom. The summed E-state index contributed by atoms with van der Waals surface area (Å²) < 4.78 is 5.50. The summed E-state index contributed by atoms with van der Waals surface area (Å²) in [6.45, 7) is 4.93. The molecule has 7 atom stereocenters. The third kappa shape index (κ3) is 3.79. The van der Waals surface area contributed by atoms with Crippen LogP contribution >= 0.6 is 0 Å². The van der Waals surface area contributed by atoms with Crippen molar-refractivity contribution in [3.05, 3.63) is 0 Å². The molecule has 0 radical (unpaired) electrons. The summed E-state index contributed by atoms with van der Waals surface area (Å²) in [5.41, 5.74) is 9.39. The van der Waals surface area contributed by atoms with Crippen molar-refractivity contribution < 1.29 is 9.53 Å². The molecule has 3 aliphatic rings. The lowest BCUT2D eigenvalue weighted by Gasteiger charge is -2.38. The SMILES string of the molecule is COC1CCNCC1NC(=O)C1C(N)NN2CC(C(C)C#N)CNC12. The molecule has 3 rings (SSSR count). The van der Waals surface area contributed by atoms with Gasteiger partial charge in [0.1, 0.15) is 0 Å². The molecule has 3 saturated heterocycles. The zero-order valence-electron chi connectivity index (χ0n) is 14.9. The van der Waals surface area contributed by atoms with Gasteiger partial charge < -0.3 is 21.1 Å². The molecule has 0 saturated carbocycles. The van der Waals surface area contributed by atoms with E-state index in [1.807, 2.05) is 11.9 Å². The molecular weight excluding hydrogens is 322 g/mol. The van der Waals surface area contributed by atoms with E-state index in [1.54, 1.807) is 7.11 Å². The van der Waals surface area contributed by atoms with Crippen molar-refractivity contribution >= 4 is 5.91 Å². The number of carbonyl (C=O) groups is 1. The lowest BCUT2D eigenvalue weighted by molar-refractivity contribution is -0.128. The molecule has 9 heteroatoms. The van der Waals surface area contributed by atoms with Crippen molar-refractivity contribution in [1.82, 2.24) is 26.4 Å². The maximum atomic E-state index is 12.9. The number of fused-ring (bicyclic) bond motifs is 1. The molecule has 0 aromatic rings. The van der Waals surface area contributed by atoms with E-state index in [-0.39, 0.29) is 36.1 Å². The third-order valence-corrected chi connectivity index (χ3v) is 5.66. The number of hydrogen-bond donors (Lipinski definition) is 5. The molecule has 0 spiro atoms. The van der Waals surface area contributed by atoms with Crippen LogP contribution in [0.3, 0.4) is 0 Å². The number of ether oxygens (including phenoxy) is 1. The van der Waals surface area contributed by atoms with Crippen molar-refractivity contribution in [2.75, 3.05) is 33.3 Å². The lowest BCUT2D eigenvalue weighted by Crippen LogP contribution is -2.61. The first-order valence-electron chi connectivity index (χ1n) is 9.00. The van der Waals surface area contributed by atoms with Gasteiger partial charge in [-0.2, -0.15) is 5.26 Å². The number of hydrazine groups is 1. The summed E-state index contributed by atoms with van der Waals surface area (Å²) in [5.74, 6) is -0.293. The van der Waals surface area contributed by atoms with E-state index in [4.69, 9.17) is 15.7 Å². The topological polar surface area (TPSA) is 127 Å². The smallest absolute Gasteiger partial charge is 0.229 e. The minimum absolute atomic E-state index is 0.0204. The fourth-order valence-electron chi connectivity index (χ4n) is 4.02.